The van der Waals surface area contributed by atoms with E-state index in [9.17, 15) is 4.79 Å². The molecule has 3 rings (SSSR count). The Morgan fingerprint density at radius 2 is 1.86 bits per heavy atom. The molecule has 146 valence electrons. The van der Waals surface area contributed by atoms with Crippen LogP contribution in [0.25, 0.3) is 11.4 Å². The highest BCUT2D eigenvalue weighted by Gasteiger charge is 2.20. The van der Waals surface area contributed by atoms with Crippen molar-refractivity contribution in [2.24, 2.45) is 0 Å². The van der Waals surface area contributed by atoms with Crippen LogP contribution in [0.1, 0.15) is 48.8 Å². The van der Waals surface area contributed by atoms with Crippen LogP contribution in [0.4, 0.5) is 0 Å². The van der Waals surface area contributed by atoms with Crippen LogP contribution >= 0.6 is 0 Å². The molecule has 1 amide bonds. The first-order valence-corrected chi connectivity index (χ1v) is 9.46. The number of methoxy groups -OCH3 is 1. The summed E-state index contributed by atoms with van der Waals surface area (Å²) in [5.41, 5.74) is 2.61. The van der Waals surface area contributed by atoms with Crippen LogP contribution in [-0.2, 0) is 0 Å². The van der Waals surface area contributed by atoms with Crippen molar-refractivity contribution in [1.82, 2.24) is 14.5 Å². The zero-order valence-electron chi connectivity index (χ0n) is 17.1. The van der Waals surface area contributed by atoms with Crippen LogP contribution in [0.2, 0.25) is 0 Å². The second kappa shape index (κ2) is 8.30. The fourth-order valence-corrected chi connectivity index (χ4v) is 3.25. The highest BCUT2D eigenvalue weighted by molar-refractivity contribution is 5.95. The first-order valence-electron chi connectivity index (χ1n) is 9.46. The minimum atomic E-state index is -0.0797. The van der Waals surface area contributed by atoms with Crippen LogP contribution < -0.4 is 4.74 Å². The third-order valence-corrected chi connectivity index (χ3v) is 5.07. The van der Waals surface area contributed by atoms with Gasteiger partial charge in [0.25, 0.3) is 5.91 Å². The molecule has 5 heteroatoms. The number of amides is 1. The predicted octanol–water partition coefficient (Wildman–Crippen LogP) is 4.97. The molecule has 5 nitrogen and oxygen atoms in total. The molecule has 0 bridgehead atoms. The maximum atomic E-state index is 13.1. The Balaban J connectivity index is 1.87. The zero-order chi connectivity index (χ0) is 20.3. The molecule has 0 aliphatic heterocycles. The second-order valence-electron chi connectivity index (χ2n) is 7.20. The number of carbonyl (C=O) groups is 1. The summed E-state index contributed by atoms with van der Waals surface area (Å²) < 4.78 is 7.41. The molecular formula is C23H27N3O2. The van der Waals surface area contributed by atoms with Crippen molar-refractivity contribution in [3.8, 4) is 17.1 Å². The Labute approximate surface area is 166 Å². The number of imidazole rings is 1. The number of hydrogen-bond donors (Lipinski definition) is 0. The lowest BCUT2D eigenvalue weighted by Gasteiger charge is -2.26. The topological polar surface area (TPSA) is 47.4 Å². The quantitative estimate of drug-likeness (QED) is 0.609. The van der Waals surface area contributed by atoms with Gasteiger partial charge in [-0.15, -0.1) is 0 Å². The predicted molar refractivity (Wildman–Crippen MR) is 112 cm³/mol. The molecule has 0 fully saturated rings. The van der Waals surface area contributed by atoms with Crippen molar-refractivity contribution in [2.45, 2.75) is 32.9 Å². The molecule has 1 aromatic heterocycles. The van der Waals surface area contributed by atoms with Gasteiger partial charge in [0, 0.05) is 36.6 Å². The van der Waals surface area contributed by atoms with E-state index < -0.39 is 0 Å². The number of benzene rings is 2. The maximum Gasteiger partial charge on any atom is 0.254 e. The standard InChI is InChI=1S/C23H27N3O2/c1-16(2)26-13-12-24-22(26)19-9-6-10-20(14-19)23(27)25(4)17(3)18-8-7-11-21(15-18)28-5/h6-17H,1-5H3/t17-/m0/s1. The summed E-state index contributed by atoms with van der Waals surface area (Å²) in [6.45, 7) is 6.25. The van der Waals surface area contributed by atoms with E-state index in [-0.39, 0.29) is 11.9 Å². The third kappa shape index (κ3) is 3.93. The maximum absolute atomic E-state index is 13.1. The SMILES string of the molecule is COc1cccc([C@H](C)N(C)C(=O)c2cccc(-c3nccn3C(C)C)c2)c1. The van der Waals surface area contributed by atoms with Crippen LogP contribution in [0.15, 0.2) is 60.9 Å². The number of carbonyl (C=O) groups excluding carboxylic acids is 1. The van der Waals surface area contributed by atoms with Gasteiger partial charge in [-0.1, -0.05) is 24.3 Å². The number of rotatable bonds is 6. The van der Waals surface area contributed by atoms with Crippen molar-refractivity contribution in [2.75, 3.05) is 14.2 Å². The first kappa shape index (κ1) is 19.7. The molecule has 28 heavy (non-hydrogen) atoms. The summed E-state index contributed by atoms with van der Waals surface area (Å²) in [6, 6.07) is 15.7. The van der Waals surface area contributed by atoms with Gasteiger partial charge >= 0.3 is 0 Å². The monoisotopic (exact) mass is 377 g/mol. The Bertz CT molecular complexity index is 962. The van der Waals surface area contributed by atoms with Crippen molar-refractivity contribution < 1.29 is 9.53 Å². The van der Waals surface area contributed by atoms with E-state index in [1.54, 1.807) is 18.2 Å². The van der Waals surface area contributed by atoms with Crippen LogP contribution in [0.3, 0.4) is 0 Å². The largest absolute Gasteiger partial charge is 0.497 e. The van der Waals surface area contributed by atoms with E-state index in [1.807, 2.05) is 68.7 Å². The van der Waals surface area contributed by atoms with Gasteiger partial charge in [-0.25, -0.2) is 4.98 Å². The number of aromatic nitrogens is 2. The average molecular weight is 377 g/mol. The molecule has 1 heterocycles. The highest BCUT2D eigenvalue weighted by Crippen LogP contribution is 2.26. The third-order valence-electron chi connectivity index (χ3n) is 5.07. The molecular weight excluding hydrogens is 350 g/mol. The van der Waals surface area contributed by atoms with Crippen LogP contribution in [0.5, 0.6) is 5.75 Å². The van der Waals surface area contributed by atoms with Crippen LogP contribution in [0, 0.1) is 0 Å². The molecule has 3 aromatic rings. The summed E-state index contributed by atoms with van der Waals surface area (Å²) in [5.74, 6) is 1.63. The average Bonchev–Trinajstić information content (AvgIpc) is 3.22. The minimum Gasteiger partial charge on any atom is -0.497 e. The normalized spacial score (nSPS) is 12.1. The lowest BCUT2D eigenvalue weighted by atomic mass is 10.0. The zero-order valence-corrected chi connectivity index (χ0v) is 17.1. The molecule has 0 radical (unpaired) electrons. The molecule has 0 unspecified atom stereocenters. The van der Waals surface area contributed by atoms with Gasteiger partial charge in [-0.3, -0.25) is 4.79 Å². The fraction of sp³-hybridized carbons (Fsp3) is 0.304. The van der Waals surface area contributed by atoms with Gasteiger partial charge in [-0.2, -0.15) is 0 Å². The summed E-state index contributed by atoms with van der Waals surface area (Å²) in [7, 11) is 3.47. The Morgan fingerprint density at radius 1 is 1.11 bits per heavy atom. The van der Waals surface area contributed by atoms with Crippen LogP contribution in [-0.4, -0.2) is 34.5 Å². The van der Waals surface area contributed by atoms with Gasteiger partial charge in [-0.05, 0) is 50.6 Å². The van der Waals surface area contributed by atoms with E-state index in [0.29, 0.717) is 11.6 Å². The molecule has 0 aliphatic carbocycles. The Kier molecular flexibility index (Phi) is 5.83. The van der Waals surface area contributed by atoms with E-state index >= 15 is 0 Å². The smallest absolute Gasteiger partial charge is 0.254 e. The van der Waals surface area contributed by atoms with E-state index in [1.165, 1.54) is 0 Å². The Morgan fingerprint density at radius 3 is 2.57 bits per heavy atom. The molecule has 2 aromatic carbocycles. The molecule has 0 saturated carbocycles. The summed E-state index contributed by atoms with van der Waals surface area (Å²) in [5, 5.41) is 0. The first-order chi connectivity index (χ1) is 13.4. The minimum absolute atomic E-state index is 0.0279. The van der Waals surface area contributed by atoms with Gasteiger partial charge in [0.2, 0.25) is 0 Å². The van der Waals surface area contributed by atoms with E-state index in [4.69, 9.17) is 4.74 Å². The van der Waals surface area contributed by atoms with E-state index in [0.717, 1.165) is 22.7 Å². The number of ether oxygens (including phenoxy) is 1. The lowest BCUT2D eigenvalue weighted by Crippen LogP contribution is -2.29. The van der Waals surface area contributed by atoms with Gasteiger partial charge in [0.05, 0.1) is 13.2 Å². The summed E-state index contributed by atoms with van der Waals surface area (Å²) in [6.07, 6.45) is 3.76. The van der Waals surface area contributed by atoms with Gasteiger partial charge in [0.1, 0.15) is 11.6 Å². The molecule has 1 atom stereocenters. The molecule has 0 aliphatic rings. The number of nitrogens with zero attached hydrogens (tertiary/aromatic N) is 3. The van der Waals surface area contributed by atoms with Crippen molar-refractivity contribution in [1.29, 1.82) is 0 Å². The molecule has 0 saturated heterocycles. The molecule has 0 spiro atoms. The Hall–Kier alpha value is -3.08. The van der Waals surface area contributed by atoms with Gasteiger partial charge in [0.15, 0.2) is 0 Å². The highest BCUT2D eigenvalue weighted by atomic mass is 16.5. The van der Waals surface area contributed by atoms with Crippen molar-refractivity contribution in [3.63, 3.8) is 0 Å². The fourth-order valence-electron chi connectivity index (χ4n) is 3.25. The van der Waals surface area contributed by atoms with Gasteiger partial charge < -0.3 is 14.2 Å². The summed E-state index contributed by atoms with van der Waals surface area (Å²) >= 11 is 0. The van der Waals surface area contributed by atoms with E-state index in [2.05, 4.69) is 23.4 Å². The second-order valence-corrected chi connectivity index (χ2v) is 7.20. The number of hydrogen-bond acceptors (Lipinski definition) is 3. The molecule has 0 N–H and O–H groups in total. The van der Waals surface area contributed by atoms with Crippen molar-refractivity contribution >= 4 is 5.91 Å². The lowest BCUT2D eigenvalue weighted by molar-refractivity contribution is 0.0742. The van der Waals surface area contributed by atoms with Crippen molar-refractivity contribution in [3.05, 3.63) is 72.1 Å². The summed E-state index contributed by atoms with van der Waals surface area (Å²) in [4.78, 5) is 19.4.